The van der Waals surface area contributed by atoms with Gasteiger partial charge in [-0.15, -0.1) is 11.6 Å². The Morgan fingerprint density at radius 1 is 1.42 bits per heavy atom. The number of hydrogen-bond donors (Lipinski definition) is 1. The van der Waals surface area contributed by atoms with Gasteiger partial charge in [0.2, 0.25) is 0 Å². The highest BCUT2D eigenvalue weighted by molar-refractivity contribution is 6.20. The molecule has 0 spiro atoms. The molecule has 0 aliphatic heterocycles. The predicted octanol–water partition coefficient (Wildman–Crippen LogP) is 2.02. The summed E-state index contributed by atoms with van der Waals surface area (Å²) >= 11 is 5.79. The van der Waals surface area contributed by atoms with Crippen molar-refractivity contribution in [3.05, 3.63) is 0 Å². The summed E-state index contributed by atoms with van der Waals surface area (Å²) in [6.45, 7) is 7.65. The van der Waals surface area contributed by atoms with Crippen LogP contribution in [0.1, 0.15) is 26.7 Å². The quantitative estimate of drug-likeness (QED) is 0.471. The number of nitrogens with one attached hydrogen (secondary N) is 1. The summed E-state index contributed by atoms with van der Waals surface area (Å²) in [6.07, 6.45) is 2.24. The molecule has 1 unspecified atom stereocenters. The standard InChI is InChI=1S/C9H20ClNO/c1-3-12-8-7-11-6-4-5-9(2)10/h9,11H,3-8H2,1-2H3. The number of hydrogen-bond acceptors (Lipinski definition) is 2. The minimum atomic E-state index is 0.304. The molecule has 2 nitrogen and oxygen atoms in total. The van der Waals surface area contributed by atoms with Crippen molar-refractivity contribution in [1.29, 1.82) is 0 Å². The third kappa shape index (κ3) is 10.2. The van der Waals surface area contributed by atoms with Crippen molar-refractivity contribution in [2.75, 3.05) is 26.3 Å². The van der Waals surface area contributed by atoms with Gasteiger partial charge in [-0.1, -0.05) is 0 Å². The van der Waals surface area contributed by atoms with Crippen molar-refractivity contribution < 1.29 is 4.74 Å². The first-order valence-corrected chi connectivity index (χ1v) is 5.13. The zero-order valence-electron chi connectivity index (χ0n) is 8.11. The highest BCUT2D eigenvalue weighted by Crippen LogP contribution is 2.01. The summed E-state index contributed by atoms with van der Waals surface area (Å²) in [5.74, 6) is 0. The lowest BCUT2D eigenvalue weighted by atomic mass is 10.2. The Labute approximate surface area is 80.6 Å². The lowest BCUT2D eigenvalue weighted by Crippen LogP contribution is -2.21. The highest BCUT2D eigenvalue weighted by atomic mass is 35.5. The van der Waals surface area contributed by atoms with E-state index in [2.05, 4.69) is 5.32 Å². The summed E-state index contributed by atoms with van der Waals surface area (Å²) < 4.78 is 5.17. The van der Waals surface area contributed by atoms with Crippen LogP contribution in [-0.2, 0) is 4.74 Å². The maximum absolute atomic E-state index is 5.79. The normalized spacial score (nSPS) is 13.2. The number of ether oxygens (including phenoxy) is 1. The summed E-state index contributed by atoms with van der Waals surface area (Å²) in [7, 11) is 0. The van der Waals surface area contributed by atoms with Crippen LogP contribution in [0.4, 0.5) is 0 Å². The molecule has 0 saturated carbocycles. The van der Waals surface area contributed by atoms with Crippen molar-refractivity contribution in [1.82, 2.24) is 5.32 Å². The van der Waals surface area contributed by atoms with Gasteiger partial charge >= 0.3 is 0 Å². The van der Waals surface area contributed by atoms with Crippen molar-refractivity contribution >= 4 is 11.6 Å². The molecule has 0 amide bonds. The Bertz CT molecular complexity index is 88.6. The summed E-state index contributed by atoms with van der Waals surface area (Å²) in [5, 5.41) is 3.60. The van der Waals surface area contributed by atoms with Gasteiger partial charge in [0.15, 0.2) is 0 Å². The van der Waals surface area contributed by atoms with Gasteiger partial charge in [-0.25, -0.2) is 0 Å². The molecule has 3 heteroatoms. The van der Waals surface area contributed by atoms with Crippen molar-refractivity contribution in [2.45, 2.75) is 32.1 Å². The van der Waals surface area contributed by atoms with Crippen LogP contribution in [0.5, 0.6) is 0 Å². The Morgan fingerprint density at radius 3 is 2.75 bits per heavy atom. The van der Waals surface area contributed by atoms with Gasteiger partial charge in [-0.2, -0.15) is 0 Å². The first kappa shape index (κ1) is 12.2. The predicted molar refractivity (Wildman–Crippen MR) is 53.9 cm³/mol. The van der Waals surface area contributed by atoms with Crippen LogP contribution in [0, 0.1) is 0 Å². The molecule has 0 saturated heterocycles. The van der Waals surface area contributed by atoms with E-state index in [1.165, 1.54) is 0 Å². The zero-order chi connectivity index (χ0) is 9.23. The van der Waals surface area contributed by atoms with Gasteiger partial charge in [-0.05, 0) is 33.2 Å². The van der Waals surface area contributed by atoms with Crippen LogP contribution in [0.25, 0.3) is 0 Å². The van der Waals surface area contributed by atoms with E-state index in [9.17, 15) is 0 Å². The topological polar surface area (TPSA) is 21.3 Å². The monoisotopic (exact) mass is 193 g/mol. The van der Waals surface area contributed by atoms with E-state index in [1.807, 2.05) is 13.8 Å². The summed E-state index contributed by atoms with van der Waals surface area (Å²) in [6, 6.07) is 0. The molecule has 0 bridgehead atoms. The van der Waals surface area contributed by atoms with Crippen LogP contribution in [0.2, 0.25) is 0 Å². The minimum Gasteiger partial charge on any atom is -0.380 e. The molecular weight excluding hydrogens is 174 g/mol. The van der Waals surface area contributed by atoms with Gasteiger partial charge in [0.1, 0.15) is 0 Å². The van der Waals surface area contributed by atoms with Crippen LogP contribution in [0.15, 0.2) is 0 Å². The van der Waals surface area contributed by atoms with E-state index in [0.29, 0.717) is 5.38 Å². The fourth-order valence-corrected chi connectivity index (χ4v) is 1.08. The molecule has 0 rings (SSSR count). The number of alkyl halides is 1. The van der Waals surface area contributed by atoms with Gasteiger partial charge in [0, 0.05) is 18.5 Å². The van der Waals surface area contributed by atoms with E-state index in [-0.39, 0.29) is 0 Å². The van der Waals surface area contributed by atoms with Gasteiger partial charge in [-0.3, -0.25) is 0 Å². The van der Waals surface area contributed by atoms with Crippen molar-refractivity contribution in [3.63, 3.8) is 0 Å². The van der Waals surface area contributed by atoms with E-state index < -0.39 is 0 Å². The van der Waals surface area contributed by atoms with Crippen LogP contribution < -0.4 is 5.32 Å². The maximum Gasteiger partial charge on any atom is 0.0590 e. The van der Waals surface area contributed by atoms with Crippen molar-refractivity contribution in [3.8, 4) is 0 Å². The fourth-order valence-electron chi connectivity index (χ4n) is 0.922. The average Bonchev–Trinajstić information content (AvgIpc) is 2.02. The molecule has 0 aromatic rings. The lowest BCUT2D eigenvalue weighted by molar-refractivity contribution is 0.149. The van der Waals surface area contributed by atoms with E-state index in [1.54, 1.807) is 0 Å². The van der Waals surface area contributed by atoms with Gasteiger partial charge < -0.3 is 10.1 Å². The lowest BCUT2D eigenvalue weighted by Gasteiger charge is -2.05. The van der Waals surface area contributed by atoms with Crippen LogP contribution in [-0.4, -0.2) is 31.7 Å². The van der Waals surface area contributed by atoms with E-state index in [0.717, 1.165) is 39.1 Å². The molecule has 74 valence electrons. The second-order valence-corrected chi connectivity index (χ2v) is 3.61. The van der Waals surface area contributed by atoms with E-state index >= 15 is 0 Å². The average molecular weight is 194 g/mol. The fraction of sp³-hybridized carbons (Fsp3) is 1.00. The molecular formula is C9H20ClNO. The largest absolute Gasteiger partial charge is 0.380 e. The molecule has 0 aliphatic rings. The molecule has 0 heterocycles. The molecule has 1 atom stereocenters. The number of halogens is 1. The summed E-state index contributed by atoms with van der Waals surface area (Å²) in [4.78, 5) is 0. The second-order valence-electron chi connectivity index (χ2n) is 2.87. The SMILES string of the molecule is CCOCCNCCCC(C)Cl. The molecule has 0 fully saturated rings. The molecule has 1 N–H and O–H groups in total. The zero-order valence-corrected chi connectivity index (χ0v) is 8.86. The van der Waals surface area contributed by atoms with Gasteiger partial charge in [0.05, 0.1) is 6.61 Å². The Morgan fingerprint density at radius 2 is 2.17 bits per heavy atom. The molecule has 0 aromatic heterocycles. The Balaban J connectivity index is 2.82. The summed E-state index contributed by atoms with van der Waals surface area (Å²) in [5.41, 5.74) is 0. The van der Waals surface area contributed by atoms with Crippen LogP contribution in [0.3, 0.4) is 0 Å². The second kappa shape index (κ2) is 9.30. The van der Waals surface area contributed by atoms with Crippen LogP contribution >= 0.6 is 11.6 Å². The number of rotatable bonds is 8. The molecule has 0 aliphatic carbocycles. The third-order valence-electron chi connectivity index (χ3n) is 1.58. The highest BCUT2D eigenvalue weighted by Gasteiger charge is 1.94. The molecule has 0 radical (unpaired) electrons. The minimum absolute atomic E-state index is 0.304. The van der Waals surface area contributed by atoms with Gasteiger partial charge in [0.25, 0.3) is 0 Å². The third-order valence-corrected chi connectivity index (χ3v) is 1.80. The van der Waals surface area contributed by atoms with Crippen molar-refractivity contribution in [2.24, 2.45) is 0 Å². The molecule has 0 aromatic carbocycles. The Kier molecular flexibility index (Phi) is 9.46. The smallest absolute Gasteiger partial charge is 0.0590 e. The van der Waals surface area contributed by atoms with E-state index in [4.69, 9.17) is 16.3 Å². The molecule has 12 heavy (non-hydrogen) atoms. The maximum atomic E-state index is 5.79. The Hall–Kier alpha value is 0.210. The first-order chi connectivity index (χ1) is 5.77. The first-order valence-electron chi connectivity index (χ1n) is 4.70.